The molecule has 1 saturated heterocycles. The van der Waals surface area contributed by atoms with Crippen LogP contribution in [0.25, 0.3) is 10.9 Å². The van der Waals surface area contributed by atoms with E-state index in [0.29, 0.717) is 43.2 Å². The first-order chi connectivity index (χ1) is 15.4. The molecule has 1 unspecified atom stereocenters. The number of aromatic nitrogens is 1. The molecule has 2 aromatic rings. The first kappa shape index (κ1) is 22.8. The zero-order chi connectivity index (χ0) is 22.8. The van der Waals surface area contributed by atoms with Gasteiger partial charge in [0.25, 0.3) is 5.91 Å². The molecule has 4 N–H and O–H groups in total. The van der Waals surface area contributed by atoms with Gasteiger partial charge in [-0.2, -0.15) is 0 Å². The fraction of sp³-hybridized carbons (Fsp3) is 0.522. The van der Waals surface area contributed by atoms with Gasteiger partial charge in [-0.3, -0.25) is 9.78 Å². The lowest BCUT2D eigenvalue weighted by Crippen LogP contribution is -2.60. The Balaban J connectivity index is 1.53. The lowest BCUT2D eigenvalue weighted by Gasteiger charge is -2.39. The van der Waals surface area contributed by atoms with Gasteiger partial charge in [-0.25, -0.2) is 4.79 Å². The summed E-state index contributed by atoms with van der Waals surface area (Å²) in [5.41, 5.74) is 15.4. The summed E-state index contributed by atoms with van der Waals surface area (Å²) in [5, 5.41) is 1.57. The Morgan fingerprint density at radius 1 is 1.31 bits per heavy atom. The number of hydrogen-bond acceptors (Lipinski definition) is 6. The molecular weight excluding hydrogens is 430 g/mol. The van der Waals surface area contributed by atoms with Crippen LogP contribution in [0.1, 0.15) is 41.4 Å². The second-order valence-corrected chi connectivity index (χ2v) is 8.93. The molecule has 0 radical (unpaired) electrons. The van der Waals surface area contributed by atoms with E-state index >= 15 is 0 Å². The average Bonchev–Trinajstić information content (AvgIpc) is 2.81. The van der Waals surface area contributed by atoms with Crippen LogP contribution in [-0.4, -0.2) is 65.7 Å². The number of piperazine rings is 1. The molecule has 9 heteroatoms. The van der Waals surface area contributed by atoms with Crippen molar-refractivity contribution in [1.29, 1.82) is 0 Å². The molecular formula is C23H30ClN5O3. The summed E-state index contributed by atoms with van der Waals surface area (Å²) in [4.78, 5) is 33.3. The van der Waals surface area contributed by atoms with E-state index in [-0.39, 0.29) is 18.5 Å². The van der Waals surface area contributed by atoms with Gasteiger partial charge in [0.1, 0.15) is 0 Å². The Hall–Kier alpha value is -2.42. The largest absolute Gasteiger partial charge is 0.449 e. The van der Waals surface area contributed by atoms with Gasteiger partial charge in [0.05, 0.1) is 29.9 Å². The van der Waals surface area contributed by atoms with Crippen molar-refractivity contribution >= 4 is 34.5 Å². The highest BCUT2D eigenvalue weighted by Gasteiger charge is 2.32. The zero-order valence-corrected chi connectivity index (χ0v) is 19.1. The summed E-state index contributed by atoms with van der Waals surface area (Å²) < 4.78 is 5.18. The van der Waals surface area contributed by atoms with Crippen LogP contribution in [0.5, 0.6) is 0 Å². The van der Waals surface area contributed by atoms with Crippen molar-refractivity contribution in [2.24, 2.45) is 17.4 Å². The molecule has 2 amide bonds. The van der Waals surface area contributed by atoms with Crippen molar-refractivity contribution in [3.63, 3.8) is 0 Å². The number of amides is 2. The maximum absolute atomic E-state index is 13.2. The van der Waals surface area contributed by atoms with Gasteiger partial charge in [-0.1, -0.05) is 24.6 Å². The van der Waals surface area contributed by atoms with Crippen LogP contribution >= 0.6 is 11.6 Å². The Kier molecular flexibility index (Phi) is 6.83. The number of rotatable bonds is 4. The van der Waals surface area contributed by atoms with Crippen LogP contribution in [0.2, 0.25) is 5.02 Å². The lowest BCUT2D eigenvalue weighted by molar-refractivity contribution is 0.0392. The first-order valence-electron chi connectivity index (χ1n) is 11.2. The summed E-state index contributed by atoms with van der Waals surface area (Å²) in [7, 11) is 0. The van der Waals surface area contributed by atoms with Gasteiger partial charge in [0.15, 0.2) is 0 Å². The van der Waals surface area contributed by atoms with Crippen molar-refractivity contribution < 1.29 is 14.3 Å². The van der Waals surface area contributed by atoms with Crippen LogP contribution in [0.4, 0.5) is 4.79 Å². The lowest BCUT2D eigenvalue weighted by atomic mass is 9.86. The van der Waals surface area contributed by atoms with E-state index in [1.165, 1.54) is 0 Å². The number of ether oxygens (including phenoxy) is 1. The van der Waals surface area contributed by atoms with Gasteiger partial charge >= 0.3 is 6.09 Å². The molecule has 1 aromatic carbocycles. The fourth-order valence-electron chi connectivity index (χ4n) is 4.47. The number of nitrogens with zero attached hydrogens (tertiary/aromatic N) is 3. The van der Waals surface area contributed by atoms with Gasteiger partial charge in [-0.05, 0) is 55.8 Å². The van der Waals surface area contributed by atoms with E-state index in [1.54, 1.807) is 21.9 Å². The molecule has 8 nitrogen and oxygen atoms in total. The third-order valence-corrected chi connectivity index (χ3v) is 6.77. The quantitative estimate of drug-likeness (QED) is 0.726. The number of pyridine rings is 1. The molecule has 1 fully saturated rings. The number of halogens is 1. The fourth-order valence-corrected chi connectivity index (χ4v) is 4.83. The monoisotopic (exact) mass is 459 g/mol. The number of hydrogen-bond donors (Lipinski definition) is 2. The highest BCUT2D eigenvalue weighted by Crippen LogP contribution is 2.34. The molecule has 172 valence electrons. The van der Waals surface area contributed by atoms with Gasteiger partial charge < -0.3 is 26.0 Å². The Morgan fingerprint density at radius 2 is 2.12 bits per heavy atom. The van der Waals surface area contributed by atoms with Crippen LogP contribution in [0.3, 0.4) is 0 Å². The minimum atomic E-state index is -0.605. The molecule has 1 aromatic heterocycles. The summed E-state index contributed by atoms with van der Waals surface area (Å²) in [6.07, 6.45) is 2.46. The summed E-state index contributed by atoms with van der Waals surface area (Å²) in [6.45, 7) is 3.90. The second kappa shape index (κ2) is 9.60. The van der Waals surface area contributed by atoms with Crippen molar-refractivity contribution in [3.05, 3.63) is 40.0 Å². The minimum Gasteiger partial charge on any atom is -0.449 e. The maximum Gasteiger partial charge on any atom is 0.409 e. The van der Waals surface area contributed by atoms with Crippen LogP contribution < -0.4 is 11.5 Å². The topological polar surface area (TPSA) is 115 Å². The summed E-state index contributed by atoms with van der Waals surface area (Å²) in [6, 6.07) is 5.41. The highest BCUT2D eigenvalue weighted by molar-refractivity contribution is 6.36. The number of nitrogens with two attached hydrogens (primary N) is 2. The summed E-state index contributed by atoms with van der Waals surface area (Å²) >= 11 is 6.70. The Labute approximate surface area is 192 Å². The molecule has 2 aliphatic rings. The number of carbonyl (C=O) groups excluding carboxylic acids is 2. The van der Waals surface area contributed by atoms with Gasteiger partial charge in [-0.15, -0.1) is 0 Å². The van der Waals surface area contributed by atoms with E-state index < -0.39 is 6.17 Å². The second-order valence-electron chi connectivity index (χ2n) is 8.55. The predicted molar refractivity (Wildman–Crippen MR) is 124 cm³/mol. The van der Waals surface area contributed by atoms with Crippen LogP contribution in [-0.2, 0) is 17.6 Å². The molecule has 0 saturated carbocycles. The Morgan fingerprint density at radius 3 is 2.84 bits per heavy atom. The average molecular weight is 460 g/mol. The highest BCUT2D eigenvalue weighted by atomic mass is 35.5. The normalized spacial score (nSPS) is 20.9. The molecule has 1 aliphatic heterocycles. The first-order valence-corrected chi connectivity index (χ1v) is 11.6. The van der Waals surface area contributed by atoms with E-state index in [2.05, 4.69) is 0 Å². The minimum absolute atomic E-state index is 0.184. The van der Waals surface area contributed by atoms with E-state index in [9.17, 15) is 9.59 Å². The number of fused-ring (bicyclic) bond motifs is 2. The van der Waals surface area contributed by atoms with Crippen molar-refractivity contribution in [2.45, 2.75) is 38.8 Å². The molecule has 2 heterocycles. The summed E-state index contributed by atoms with van der Waals surface area (Å²) in [5.74, 6) is 0.225. The third-order valence-electron chi connectivity index (χ3n) is 6.34. The molecule has 0 bridgehead atoms. The van der Waals surface area contributed by atoms with Crippen molar-refractivity contribution in [2.75, 3.05) is 32.8 Å². The van der Waals surface area contributed by atoms with Crippen molar-refractivity contribution in [1.82, 2.24) is 14.8 Å². The molecule has 4 rings (SSSR count). The molecule has 2 atom stereocenters. The maximum atomic E-state index is 13.2. The smallest absolute Gasteiger partial charge is 0.409 e. The van der Waals surface area contributed by atoms with Crippen LogP contribution in [0.15, 0.2) is 18.2 Å². The van der Waals surface area contributed by atoms with E-state index in [1.807, 2.05) is 13.0 Å². The van der Waals surface area contributed by atoms with Crippen molar-refractivity contribution in [3.8, 4) is 0 Å². The SMILES string of the molecule is CCCOC(=O)N1CCN(C(=O)c2ccc3c(Cl)c4c(nc3c2)CC(CN)CC4)[C@H](N)C1. The van der Waals surface area contributed by atoms with E-state index in [4.69, 9.17) is 32.8 Å². The van der Waals surface area contributed by atoms with Gasteiger partial charge in [0.2, 0.25) is 0 Å². The zero-order valence-electron chi connectivity index (χ0n) is 18.3. The number of carbonyl (C=O) groups is 2. The van der Waals surface area contributed by atoms with Gasteiger partial charge in [0, 0.05) is 29.7 Å². The third kappa shape index (κ3) is 4.40. The number of benzene rings is 1. The Bertz CT molecular complexity index is 1030. The standard InChI is InChI=1S/C23H30ClN5O3/c1-2-9-32-23(31)28-7-8-29(20(26)13-28)22(30)15-4-6-17-19(11-15)27-18-10-14(12-25)3-5-16(18)21(17)24/h4,6,11,14,20H,2-3,5,7-10,12-13,25-26H2,1H3/t14?,20-/m0/s1. The van der Waals surface area contributed by atoms with Crippen LogP contribution in [0, 0.1) is 5.92 Å². The van der Waals surface area contributed by atoms with E-state index in [0.717, 1.165) is 47.3 Å². The molecule has 32 heavy (non-hydrogen) atoms. The predicted octanol–water partition coefficient (Wildman–Crippen LogP) is 2.54. The molecule has 0 spiro atoms. The molecule has 1 aliphatic carbocycles.